The van der Waals surface area contributed by atoms with Gasteiger partial charge in [-0.2, -0.15) is 0 Å². The molecular weight excluding hydrogens is 162 g/mol. The van der Waals surface area contributed by atoms with Crippen LogP contribution in [0.4, 0.5) is 0 Å². The van der Waals surface area contributed by atoms with Crippen LogP contribution in [0.3, 0.4) is 0 Å². The molecule has 0 bridgehead atoms. The predicted molar refractivity (Wildman–Crippen MR) is 60.3 cm³/mol. The highest BCUT2D eigenvalue weighted by Gasteiger charge is 2.33. The van der Waals surface area contributed by atoms with Gasteiger partial charge in [0.1, 0.15) is 0 Å². The SMILES string of the molecule is CC(C)[Si](C)(CCCN)C(C)C. The molecular formula is C10H25NSi. The van der Waals surface area contributed by atoms with Crippen LogP contribution in [-0.2, 0) is 0 Å². The first-order valence-electron chi connectivity index (χ1n) is 5.15. The van der Waals surface area contributed by atoms with Gasteiger partial charge in [-0.25, -0.2) is 0 Å². The van der Waals surface area contributed by atoms with E-state index < -0.39 is 8.07 Å². The van der Waals surface area contributed by atoms with Crippen LogP contribution in [0.25, 0.3) is 0 Å². The number of hydrogen-bond acceptors (Lipinski definition) is 1. The van der Waals surface area contributed by atoms with Crippen molar-refractivity contribution in [1.82, 2.24) is 0 Å². The van der Waals surface area contributed by atoms with Crippen LogP contribution in [-0.4, -0.2) is 14.6 Å². The molecule has 2 N–H and O–H groups in total. The third kappa shape index (κ3) is 2.90. The minimum Gasteiger partial charge on any atom is -0.330 e. The summed E-state index contributed by atoms with van der Waals surface area (Å²) < 4.78 is 0. The first-order valence-corrected chi connectivity index (χ1v) is 8.01. The minimum atomic E-state index is -1.01. The van der Waals surface area contributed by atoms with Gasteiger partial charge in [0, 0.05) is 0 Å². The summed E-state index contributed by atoms with van der Waals surface area (Å²) in [6.45, 7) is 12.9. The highest BCUT2D eigenvalue weighted by Crippen LogP contribution is 2.36. The minimum absolute atomic E-state index is 0.863. The molecule has 0 aliphatic heterocycles. The van der Waals surface area contributed by atoms with Crippen molar-refractivity contribution in [3.63, 3.8) is 0 Å². The van der Waals surface area contributed by atoms with Crippen LogP contribution in [0, 0.1) is 0 Å². The molecule has 0 radical (unpaired) electrons. The Bertz CT molecular complexity index is 113. The molecule has 0 aliphatic carbocycles. The van der Waals surface area contributed by atoms with E-state index in [2.05, 4.69) is 34.2 Å². The van der Waals surface area contributed by atoms with Crippen LogP contribution >= 0.6 is 0 Å². The van der Waals surface area contributed by atoms with Crippen LogP contribution in [0.1, 0.15) is 34.1 Å². The molecule has 0 saturated carbocycles. The Morgan fingerprint density at radius 3 is 1.75 bits per heavy atom. The largest absolute Gasteiger partial charge is 0.330 e. The van der Waals surface area contributed by atoms with Gasteiger partial charge in [-0.05, 0) is 13.0 Å². The van der Waals surface area contributed by atoms with Crippen molar-refractivity contribution in [1.29, 1.82) is 0 Å². The summed E-state index contributed by atoms with van der Waals surface area (Å²) >= 11 is 0. The van der Waals surface area contributed by atoms with Crippen molar-refractivity contribution in [2.45, 2.75) is 57.8 Å². The quantitative estimate of drug-likeness (QED) is 0.657. The standard InChI is InChI=1S/C10H25NSi/c1-9(2)12(5,10(3)4)8-6-7-11/h9-10H,6-8,11H2,1-5H3. The van der Waals surface area contributed by atoms with Crippen LogP contribution in [0.5, 0.6) is 0 Å². The molecule has 0 saturated heterocycles. The third-order valence-corrected chi connectivity index (χ3v) is 10.3. The molecule has 0 atom stereocenters. The van der Waals surface area contributed by atoms with Gasteiger partial charge in [0.25, 0.3) is 0 Å². The summed E-state index contributed by atoms with van der Waals surface area (Å²) in [5, 5.41) is 0. The lowest BCUT2D eigenvalue weighted by molar-refractivity contribution is 0.828. The molecule has 0 unspecified atom stereocenters. The lowest BCUT2D eigenvalue weighted by atomic mass is 10.5. The van der Waals surface area contributed by atoms with Crippen molar-refractivity contribution in [3.8, 4) is 0 Å². The Morgan fingerprint density at radius 2 is 1.50 bits per heavy atom. The molecule has 74 valence electrons. The molecule has 0 aromatic heterocycles. The zero-order chi connectivity index (χ0) is 9.78. The van der Waals surface area contributed by atoms with E-state index in [1.165, 1.54) is 12.5 Å². The molecule has 12 heavy (non-hydrogen) atoms. The highest BCUT2D eigenvalue weighted by molar-refractivity contribution is 6.81. The average molecular weight is 187 g/mol. The second kappa shape index (κ2) is 5.03. The first-order chi connectivity index (χ1) is 5.45. The molecule has 0 fully saturated rings. The zero-order valence-corrected chi connectivity index (χ0v) is 10.4. The van der Waals surface area contributed by atoms with Gasteiger partial charge in [0.05, 0.1) is 8.07 Å². The molecule has 0 amide bonds. The van der Waals surface area contributed by atoms with Crippen LogP contribution in [0.2, 0.25) is 23.7 Å². The van der Waals surface area contributed by atoms with E-state index in [0.29, 0.717) is 0 Å². The molecule has 0 aromatic carbocycles. The summed E-state index contributed by atoms with van der Waals surface area (Å²) in [6.07, 6.45) is 1.22. The van der Waals surface area contributed by atoms with Crippen molar-refractivity contribution >= 4 is 8.07 Å². The maximum Gasteiger partial charge on any atom is 0.0556 e. The summed E-state index contributed by atoms with van der Waals surface area (Å²) in [7, 11) is -1.01. The van der Waals surface area contributed by atoms with Gasteiger partial charge in [-0.3, -0.25) is 0 Å². The summed E-state index contributed by atoms with van der Waals surface area (Å²) in [4.78, 5) is 0. The maximum atomic E-state index is 5.56. The average Bonchev–Trinajstić information content (AvgIpc) is 1.99. The van der Waals surface area contributed by atoms with Crippen LogP contribution < -0.4 is 5.73 Å². The first kappa shape index (κ1) is 12.2. The van der Waals surface area contributed by atoms with E-state index in [-0.39, 0.29) is 0 Å². The normalized spacial score (nSPS) is 13.0. The second-order valence-corrected chi connectivity index (χ2v) is 10.5. The van der Waals surface area contributed by atoms with Gasteiger partial charge in [-0.1, -0.05) is 51.4 Å². The van der Waals surface area contributed by atoms with E-state index in [4.69, 9.17) is 5.73 Å². The molecule has 2 heteroatoms. The van der Waals surface area contributed by atoms with Crippen LogP contribution in [0.15, 0.2) is 0 Å². The smallest absolute Gasteiger partial charge is 0.0556 e. The molecule has 0 aromatic rings. The topological polar surface area (TPSA) is 26.0 Å². The fourth-order valence-electron chi connectivity index (χ4n) is 1.73. The summed E-state index contributed by atoms with van der Waals surface area (Å²) in [6, 6.07) is 1.40. The van der Waals surface area contributed by atoms with E-state index in [1.807, 2.05) is 0 Å². The molecule has 1 nitrogen and oxygen atoms in total. The predicted octanol–water partition coefficient (Wildman–Crippen LogP) is 3.23. The van der Waals surface area contributed by atoms with E-state index in [9.17, 15) is 0 Å². The fourth-order valence-corrected chi connectivity index (χ4v) is 5.18. The zero-order valence-electron chi connectivity index (χ0n) is 9.35. The van der Waals surface area contributed by atoms with E-state index in [0.717, 1.165) is 17.6 Å². The van der Waals surface area contributed by atoms with Crippen molar-refractivity contribution in [2.75, 3.05) is 6.54 Å². The number of nitrogens with two attached hydrogens (primary N) is 1. The second-order valence-electron chi connectivity index (χ2n) is 4.71. The molecule has 0 spiro atoms. The van der Waals surface area contributed by atoms with Crippen molar-refractivity contribution in [2.24, 2.45) is 5.73 Å². The van der Waals surface area contributed by atoms with E-state index >= 15 is 0 Å². The molecule has 0 rings (SSSR count). The summed E-state index contributed by atoms with van der Waals surface area (Å²) in [5.74, 6) is 0. The Hall–Kier alpha value is 0.177. The third-order valence-electron chi connectivity index (χ3n) is 3.56. The fraction of sp³-hybridized carbons (Fsp3) is 1.00. The van der Waals surface area contributed by atoms with E-state index in [1.54, 1.807) is 0 Å². The Labute approximate surface area is 78.7 Å². The van der Waals surface area contributed by atoms with Gasteiger partial charge in [0.2, 0.25) is 0 Å². The van der Waals surface area contributed by atoms with Gasteiger partial charge in [-0.15, -0.1) is 0 Å². The highest BCUT2D eigenvalue weighted by atomic mass is 28.3. The monoisotopic (exact) mass is 187 g/mol. The Morgan fingerprint density at radius 1 is 1.08 bits per heavy atom. The lowest BCUT2D eigenvalue weighted by Crippen LogP contribution is -2.37. The van der Waals surface area contributed by atoms with Crippen molar-refractivity contribution in [3.05, 3.63) is 0 Å². The maximum absolute atomic E-state index is 5.56. The summed E-state index contributed by atoms with van der Waals surface area (Å²) in [5.41, 5.74) is 7.34. The van der Waals surface area contributed by atoms with Gasteiger partial charge in [0.15, 0.2) is 0 Å². The molecule has 0 aliphatic rings. The van der Waals surface area contributed by atoms with Gasteiger partial charge < -0.3 is 5.73 Å². The van der Waals surface area contributed by atoms with Gasteiger partial charge >= 0.3 is 0 Å². The Kier molecular flexibility index (Phi) is 5.10. The number of hydrogen-bond donors (Lipinski definition) is 1. The number of rotatable bonds is 5. The lowest BCUT2D eigenvalue weighted by Gasteiger charge is -2.35. The molecule has 0 heterocycles. The van der Waals surface area contributed by atoms with Crippen molar-refractivity contribution < 1.29 is 0 Å². The Balaban J connectivity index is 4.19.